The van der Waals surface area contributed by atoms with Gasteiger partial charge in [0.15, 0.2) is 0 Å². The SMILES string of the molecule is CC(=O)N1CCN(c2ccc(C(=O)N3CCCc4ccc(F)cc43)cc2[N+](=O)[O-])CC1. The molecule has 0 aromatic heterocycles. The van der Waals surface area contributed by atoms with Gasteiger partial charge < -0.3 is 14.7 Å². The van der Waals surface area contributed by atoms with Crippen LogP contribution >= 0.6 is 0 Å². The number of hydrogen-bond acceptors (Lipinski definition) is 5. The van der Waals surface area contributed by atoms with E-state index >= 15 is 0 Å². The van der Waals surface area contributed by atoms with Gasteiger partial charge in [-0.25, -0.2) is 4.39 Å². The van der Waals surface area contributed by atoms with Crippen molar-refractivity contribution >= 4 is 28.9 Å². The number of carbonyl (C=O) groups excluding carboxylic acids is 2. The maximum Gasteiger partial charge on any atom is 0.293 e. The molecule has 2 aromatic rings. The Bertz CT molecular complexity index is 1050. The zero-order valence-electron chi connectivity index (χ0n) is 17.2. The van der Waals surface area contributed by atoms with Gasteiger partial charge in [-0.3, -0.25) is 19.7 Å². The molecular weight excluding hydrogens is 403 g/mol. The minimum atomic E-state index is -0.493. The van der Waals surface area contributed by atoms with Gasteiger partial charge in [-0.1, -0.05) is 6.07 Å². The second kappa shape index (κ2) is 8.33. The number of halogens is 1. The van der Waals surface area contributed by atoms with Gasteiger partial charge in [0, 0.05) is 51.3 Å². The monoisotopic (exact) mass is 426 g/mol. The molecule has 2 aliphatic heterocycles. The summed E-state index contributed by atoms with van der Waals surface area (Å²) in [6.07, 6.45) is 1.50. The van der Waals surface area contributed by atoms with E-state index in [1.807, 2.05) is 4.90 Å². The van der Waals surface area contributed by atoms with Crippen LogP contribution in [0.15, 0.2) is 36.4 Å². The third-order valence-corrected chi connectivity index (χ3v) is 5.90. The number of amides is 2. The molecule has 2 amide bonds. The fourth-order valence-corrected chi connectivity index (χ4v) is 4.25. The number of hydrogen-bond donors (Lipinski definition) is 0. The van der Waals surface area contributed by atoms with Crippen molar-refractivity contribution in [1.82, 2.24) is 4.90 Å². The fourth-order valence-electron chi connectivity index (χ4n) is 4.25. The van der Waals surface area contributed by atoms with Crippen molar-refractivity contribution in [3.05, 3.63) is 63.5 Å². The summed E-state index contributed by atoms with van der Waals surface area (Å²) in [6.45, 7) is 3.87. The molecule has 9 heteroatoms. The van der Waals surface area contributed by atoms with Crippen molar-refractivity contribution in [1.29, 1.82) is 0 Å². The number of nitro benzene ring substituents is 1. The van der Waals surface area contributed by atoms with E-state index in [1.54, 1.807) is 23.1 Å². The first kappa shape index (κ1) is 20.8. The van der Waals surface area contributed by atoms with Crippen LogP contribution in [-0.2, 0) is 11.2 Å². The Kier molecular flexibility index (Phi) is 5.58. The maximum absolute atomic E-state index is 13.8. The molecule has 162 valence electrons. The average Bonchev–Trinajstić information content (AvgIpc) is 2.77. The molecule has 0 unspecified atom stereocenters. The summed E-state index contributed by atoms with van der Waals surface area (Å²) >= 11 is 0. The van der Waals surface area contributed by atoms with Crippen LogP contribution in [0.2, 0.25) is 0 Å². The van der Waals surface area contributed by atoms with Crippen LogP contribution in [-0.4, -0.2) is 54.4 Å². The Morgan fingerprint density at radius 3 is 2.42 bits per heavy atom. The zero-order valence-corrected chi connectivity index (χ0v) is 17.2. The summed E-state index contributed by atoms with van der Waals surface area (Å²) in [7, 11) is 0. The van der Waals surface area contributed by atoms with E-state index in [-0.39, 0.29) is 23.1 Å². The second-order valence-corrected chi connectivity index (χ2v) is 7.79. The molecule has 0 atom stereocenters. The Balaban J connectivity index is 1.62. The van der Waals surface area contributed by atoms with Gasteiger partial charge in [0.1, 0.15) is 11.5 Å². The minimum absolute atomic E-state index is 0.0201. The molecule has 0 spiro atoms. The van der Waals surface area contributed by atoms with E-state index in [0.717, 1.165) is 18.4 Å². The van der Waals surface area contributed by atoms with Crippen LogP contribution in [0.1, 0.15) is 29.3 Å². The molecule has 4 rings (SSSR count). The van der Waals surface area contributed by atoms with Gasteiger partial charge in [0.25, 0.3) is 11.6 Å². The molecule has 2 aliphatic rings. The Morgan fingerprint density at radius 2 is 1.74 bits per heavy atom. The summed E-state index contributed by atoms with van der Waals surface area (Å²) in [4.78, 5) is 41.0. The molecule has 1 saturated heterocycles. The molecular formula is C22H23FN4O4. The first-order chi connectivity index (χ1) is 14.8. The van der Waals surface area contributed by atoms with Crippen LogP contribution in [0.5, 0.6) is 0 Å². The lowest BCUT2D eigenvalue weighted by molar-refractivity contribution is -0.384. The lowest BCUT2D eigenvalue weighted by Gasteiger charge is -2.35. The Hall–Kier alpha value is -3.49. The lowest BCUT2D eigenvalue weighted by atomic mass is 10.0. The predicted octanol–water partition coefficient (Wildman–Crippen LogP) is 3.00. The van der Waals surface area contributed by atoms with E-state index < -0.39 is 10.7 Å². The quantitative estimate of drug-likeness (QED) is 0.556. The third kappa shape index (κ3) is 4.08. The molecule has 0 saturated carbocycles. The highest BCUT2D eigenvalue weighted by Crippen LogP contribution is 2.33. The number of rotatable bonds is 3. The molecule has 1 fully saturated rings. The van der Waals surface area contributed by atoms with E-state index in [9.17, 15) is 24.1 Å². The van der Waals surface area contributed by atoms with Crippen molar-refractivity contribution in [2.45, 2.75) is 19.8 Å². The molecule has 8 nitrogen and oxygen atoms in total. The van der Waals surface area contributed by atoms with Crippen LogP contribution in [0.25, 0.3) is 0 Å². The predicted molar refractivity (Wildman–Crippen MR) is 114 cm³/mol. The van der Waals surface area contributed by atoms with Gasteiger partial charge in [-0.15, -0.1) is 0 Å². The van der Waals surface area contributed by atoms with Gasteiger partial charge in [-0.2, -0.15) is 0 Å². The third-order valence-electron chi connectivity index (χ3n) is 5.90. The van der Waals surface area contributed by atoms with Gasteiger partial charge in [-0.05, 0) is 42.7 Å². The van der Waals surface area contributed by atoms with Crippen molar-refractivity contribution in [2.75, 3.05) is 42.5 Å². The van der Waals surface area contributed by atoms with E-state index in [4.69, 9.17) is 0 Å². The molecule has 0 N–H and O–H groups in total. The standard InChI is InChI=1S/C22H23FN4O4/c1-15(28)24-9-11-25(12-10-24)19-7-5-17(13-21(19)27(30)31)22(29)26-8-2-3-16-4-6-18(23)14-20(16)26/h4-7,13-14H,2-3,8-12H2,1H3. The largest absolute Gasteiger partial charge is 0.362 e. The van der Waals surface area contributed by atoms with Crippen molar-refractivity contribution < 1.29 is 18.9 Å². The topological polar surface area (TPSA) is 87.0 Å². The van der Waals surface area contributed by atoms with Crippen molar-refractivity contribution in [3.8, 4) is 0 Å². The van der Waals surface area contributed by atoms with Gasteiger partial charge >= 0.3 is 0 Å². The highest BCUT2D eigenvalue weighted by Gasteiger charge is 2.29. The molecule has 0 bridgehead atoms. The summed E-state index contributed by atoms with van der Waals surface area (Å²) in [5.41, 5.74) is 1.86. The number of nitro groups is 1. The van der Waals surface area contributed by atoms with Crippen LogP contribution in [0, 0.1) is 15.9 Å². The number of carbonyl (C=O) groups is 2. The Morgan fingerprint density at radius 1 is 1.00 bits per heavy atom. The van der Waals surface area contributed by atoms with Crippen LogP contribution in [0.4, 0.5) is 21.5 Å². The number of anilines is 2. The maximum atomic E-state index is 13.8. The van der Waals surface area contributed by atoms with Crippen LogP contribution in [0.3, 0.4) is 0 Å². The van der Waals surface area contributed by atoms with E-state index in [0.29, 0.717) is 44.1 Å². The smallest absolute Gasteiger partial charge is 0.293 e. The average molecular weight is 426 g/mol. The highest BCUT2D eigenvalue weighted by atomic mass is 19.1. The molecule has 0 radical (unpaired) electrons. The summed E-state index contributed by atoms with van der Waals surface area (Å²) < 4.78 is 13.8. The van der Waals surface area contributed by atoms with E-state index in [2.05, 4.69) is 0 Å². The van der Waals surface area contributed by atoms with Crippen molar-refractivity contribution in [3.63, 3.8) is 0 Å². The van der Waals surface area contributed by atoms with E-state index in [1.165, 1.54) is 30.0 Å². The number of nitrogens with zero attached hydrogens (tertiary/aromatic N) is 4. The summed E-state index contributed by atoms with van der Waals surface area (Å²) in [5, 5.41) is 11.8. The van der Waals surface area contributed by atoms with Crippen molar-refractivity contribution in [2.24, 2.45) is 0 Å². The number of benzene rings is 2. The highest BCUT2D eigenvalue weighted by molar-refractivity contribution is 6.07. The number of aryl methyl sites for hydroxylation is 1. The normalized spacial score (nSPS) is 16.1. The first-order valence-corrected chi connectivity index (χ1v) is 10.2. The summed E-state index contributed by atoms with van der Waals surface area (Å²) in [5.74, 6) is -0.833. The number of fused-ring (bicyclic) bond motifs is 1. The number of piperazine rings is 1. The molecule has 2 aromatic carbocycles. The lowest BCUT2D eigenvalue weighted by Crippen LogP contribution is -2.48. The summed E-state index contributed by atoms with van der Waals surface area (Å²) in [6, 6.07) is 8.85. The van der Waals surface area contributed by atoms with Crippen LogP contribution < -0.4 is 9.80 Å². The molecule has 0 aliphatic carbocycles. The molecule has 2 heterocycles. The van der Waals surface area contributed by atoms with Gasteiger partial charge in [0.2, 0.25) is 5.91 Å². The zero-order chi connectivity index (χ0) is 22.1. The fraction of sp³-hybridized carbons (Fsp3) is 0.364. The minimum Gasteiger partial charge on any atom is -0.362 e. The first-order valence-electron chi connectivity index (χ1n) is 10.2. The molecule has 31 heavy (non-hydrogen) atoms. The van der Waals surface area contributed by atoms with Gasteiger partial charge in [0.05, 0.1) is 10.6 Å². The Labute approximate surface area is 179 Å². The second-order valence-electron chi connectivity index (χ2n) is 7.79.